The van der Waals surface area contributed by atoms with Gasteiger partial charge in [0.05, 0.1) is 23.6 Å². The van der Waals surface area contributed by atoms with Crippen LogP contribution in [0.2, 0.25) is 5.02 Å². The van der Waals surface area contributed by atoms with E-state index in [1.54, 1.807) is 34.5 Å². The third-order valence-electron chi connectivity index (χ3n) is 7.11. The first kappa shape index (κ1) is 24.1. The van der Waals surface area contributed by atoms with E-state index in [-0.39, 0.29) is 29.8 Å². The van der Waals surface area contributed by atoms with Gasteiger partial charge in [0.1, 0.15) is 15.4 Å². The maximum Gasteiger partial charge on any atom is 0.252 e. The number of nitriles is 1. The summed E-state index contributed by atoms with van der Waals surface area (Å²) in [4.78, 5) is 20.5. The van der Waals surface area contributed by atoms with Crippen molar-refractivity contribution in [3.63, 3.8) is 0 Å². The molecule has 2 aromatic carbocycles. The number of sulfonamides is 1. The lowest BCUT2D eigenvalue weighted by Gasteiger charge is -2.45. The number of amides is 1. The summed E-state index contributed by atoms with van der Waals surface area (Å²) in [6.45, 7) is 1.03. The molecule has 0 unspecified atom stereocenters. The fourth-order valence-electron chi connectivity index (χ4n) is 5.30. The predicted molar refractivity (Wildman–Crippen MR) is 142 cm³/mol. The van der Waals surface area contributed by atoms with Crippen LogP contribution < -0.4 is 4.90 Å². The second-order valence-electron chi connectivity index (χ2n) is 9.27. The fourth-order valence-corrected chi connectivity index (χ4v) is 8.17. The molecule has 37 heavy (non-hydrogen) atoms. The van der Waals surface area contributed by atoms with Gasteiger partial charge in [-0.2, -0.15) is 9.57 Å². The van der Waals surface area contributed by atoms with Gasteiger partial charge in [0.15, 0.2) is 0 Å². The first-order valence-corrected chi connectivity index (χ1v) is 14.5. The van der Waals surface area contributed by atoms with Crippen molar-refractivity contribution in [3.05, 3.63) is 76.4 Å². The number of carbonyl (C=O) groups excluding carboxylic acids is 1. The zero-order chi connectivity index (χ0) is 25.8. The number of aryl methyl sites for hydroxylation is 1. The number of nitrogens with zero attached hydrogens (tertiary/aromatic N) is 5. The monoisotopic (exact) mass is 551 g/mol. The summed E-state index contributed by atoms with van der Waals surface area (Å²) in [5.41, 5.74) is 2.32. The number of unbranched alkanes of at least 4 members (excludes halogenated alkanes) is 1. The number of carbonyl (C=O) groups is 1. The quantitative estimate of drug-likeness (QED) is 0.314. The molecule has 188 valence electrons. The third kappa shape index (κ3) is 3.77. The van der Waals surface area contributed by atoms with Crippen molar-refractivity contribution in [2.45, 2.75) is 35.6 Å². The molecule has 1 amide bonds. The van der Waals surface area contributed by atoms with Crippen LogP contribution in [-0.2, 0) is 33.3 Å². The van der Waals surface area contributed by atoms with Crippen molar-refractivity contribution in [2.75, 3.05) is 18.0 Å². The number of anilines is 1. The van der Waals surface area contributed by atoms with E-state index in [0.29, 0.717) is 30.2 Å². The zero-order valence-electron chi connectivity index (χ0n) is 19.7. The molecular formula is C26H22ClN5O3S2. The topological polar surface area (TPSA) is 99.3 Å². The average molecular weight is 552 g/mol. The minimum atomic E-state index is -3.64. The fraction of sp³-hybridized carbons (Fsp3) is 0.269. The van der Waals surface area contributed by atoms with E-state index in [2.05, 4.69) is 6.07 Å². The van der Waals surface area contributed by atoms with E-state index in [0.717, 1.165) is 22.3 Å². The zero-order valence-corrected chi connectivity index (χ0v) is 22.1. The molecule has 2 aliphatic rings. The van der Waals surface area contributed by atoms with Crippen LogP contribution in [0.25, 0.3) is 11.0 Å². The van der Waals surface area contributed by atoms with Gasteiger partial charge in [-0.15, -0.1) is 11.3 Å². The lowest BCUT2D eigenvalue weighted by molar-refractivity contribution is -0.127. The highest BCUT2D eigenvalue weighted by molar-refractivity contribution is 7.91. The van der Waals surface area contributed by atoms with Gasteiger partial charge in [0, 0.05) is 36.8 Å². The van der Waals surface area contributed by atoms with Gasteiger partial charge in [-0.25, -0.2) is 13.4 Å². The Morgan fingerprint density at radius 2 is 1.95 bits per heavy atom. The molecule has 0 radical (unpaired) electrons. The molecule has 8 nitrogen and oxygen atoms in total. The smallest absolute Gasteiger partial charge is 0.252 e. The van der Waals surface area contributed by atoms with E-state index in [1.807, 2.05) is 34.9 Å². The molecule has 0 bridgehead atoms. The van der Waals surface area contributed by atoms with Crippen molar-refractivity contribution < 1.29 is 13.2 Å². The number of rotatable bonds is 7. The SMILES string of the molecule is N#CCCCn1c(CN2C(=O)C3(CN(S(=O)(=O)c4cccs4)C3)c3ccccc32)nc2cc(Cl)ccc21. The number of benzene rings is 2. The minimum Gasteiger partial charge on any atom is -0.326 e. The Hall–Kier alpha value is -3.23. The number of hydrogen-bond donors (Lipinski definition) is 0. The highest BCUT2D eigenvalue weighted by atomic mass is 35.5. The van der Waals surface area contributed by atoms with Crippen LogP contribution in [0, 0.1) is 11.3 Å². The van der Waals surface area contributed by atoms with Crippen LogP contribution in [0.5, 0.6) is 0 Å². The van der Waals surface area contributed by atoms with Crippen LogP contribution in [0.1, 0.15) is 24.2 Å². The molecule has 0 aliphatic carbocycles. The normalized spacial score (nSPS) is 16.8. The summed E-state index contributed by atoms with van der Waals surface area (Å²) in [6.07, 6.45) is 1.07. The van der Waals surface area contributed by atoms with E-state index < -0.39 is 15.4 Å². The van der Waals surface area contributed by atoms with Gasteiger partial charge in [-0.05, 0) is 47.7 Å². The molecule has 2 aromatic heterocycles. The third-order valence-corrected chi connectivity index (χ3v) is 10.5. The standard InChI is InChI=1S/C26H22ClN5O3S2/c27-18-9-10-22-20(14-18)29-23(31(22)12-4-3-11-28)15-32-21-7-2-1-6-19(21)26(25(32)33)16-30(17-26)37(34,35)24-8-5-13-36-24/h1-2,5-10,13-14H,3-4,12,15-17H2. The summed E-state index contributed by atoms with van der Waals surface area (Å²) < 4.78 is 29.8. The van der Waals surface area contributed by atoms with E-state index in [9.17, 15) is 13.2 Å². The van der Waals surface area contributed by atoms with Gasteiger partial charge in [-0.1, -0.05) is 35.9 Å². The van der Waals surface area contributed by atoms with Gasteiger partial charge < -0.3 is 9.47 Å². The molecule has 1 saturated heterocycles. The molecule has 0 N–H and O–H groups in total. The number of imidazole rings is 1. The lowest BCUT2D eigenvalue weighted by Crippen LogP contribution is -2.65. The number of fused-ring (bicyclic) bond motifs is 3. The molecule has 0 atom stereocenters. The number of para-hydroxylation sites is 1. The minimum absolute atomic E-state index is 0.105. The van der Waals surface area contributed by atoms with Crippen molar-refractivity contribution in [1.29, 1.82) is 5.26 Å². The number of aromatic nitrogens is 2. The van der Waals surface area contributed by atoms with Crippen molar-refractivity contribution in [2.24, 2.45) is 0 Å². The first-order valence-electron chi connectivity index (χ1n) is 11.8. The molecule has 1 spiro atoms. The number of hydrogen-bond acceptors (Lipinski definition) is 6. The Kier molecular flexibility index (Phi) is 5.84. The van der Waals surface area contributed by atoms with E-state index in [1.165, 1.54) is 15.6 Å². The highest BCUT2D eigenvalue weighted by Gasteiger charge is 2.60. The van der Waals surface area contributed by atoms with Crippen molar-refractivity contribution in [1.82, 2.24) is 13.9 Å². The summed E-state index contributed by atoms with van der Waals surface area (Å²) in [7, 11) is -3.64. The van der Waals surface area contributed by atoms with Gasteiger partial charge in [0.2, 0.25) is 5.91 Å². The summed E-state index contributed by atoms with van der Waals surface area (Å²) in [5.74, 6) is 0.567. The summed E-state index contributed by atoms with van der Waals surface area (Å²) in [5, 5.41) is 11.3. The van der Waals surface area contributed by atoms with Gasteiger partial charge >= 0.3 is 0 Å². The van der Waals surface area contributed by atoms with Crippen LogP contribution in [-0.4, -0.2) is 41.3 Å². The second kappa shape index (κ2) is 8.96. The van der Waals surface area contributed by atoms with Gasteiger partial charge in [0.25, 0.3) is 10.0 Å². The maximum atomic E-state index is 14.0. The van der Waals surface area contributed by atoms with Crippen LogP contribution in [0.4, 0.5) is 5.69 Å². The average Bonchev–Trinajstić information content (AvgIpc) is 3.56. The molecule has 0 saturated carbocycles. The lowest BCUT2D eigenvalue weighted by atomic mass is 9.76. The van der Waals surface area contributed by atoms with Crippen molar-refractivity contribution in [3.8, 4) is 6.07 Å². The molecule has 2 aliphatic heterocycles. The highest BCUT2D eigenvalue weighted by Crippen LogP contribution is 2.49. The predicted octanol–water partition coefficient (Wildman–Crippen LogP) is 4.54. The van der Waals surface area contributed by atoms with Crippen LogP contribution >= 0.6 is 22.9 Å². The molecule has 11 heteroatoms. The van der Waals surface area contributed by atoms with Crippen LogP contribution in [0.15, 0.2) is 64.2 Å². The Morgan fingerprint density at radius 3 is 2.70 bits per heavy atom. The van der Waals surface area contributed by atoms with E-state index in [4.69, 9.17) is 21.8 Å². The molecule has 4 heterocycles. The Morgan fingerprint density at radius 1 is 1.14 bits per heavy atom. The number of halogens is 1. The van der Waals surface area contributed by atoms with Gasteiger partial charge in [-0.3, -0.25) is 4.79 Å². The molecule has 6 rings (SSSR count). The summed E-state index contributed by atoms with van der Waals surface area (Å²) in [6, 6.07) is 18.6. The van der Waals surface area contributed by atoms with Crippen LogP contribution in [0.3, 0.4) is 0 Å². The second-order valence-corrected chi connectivity index (χ2v) is 12.8. The molecule has 4 aromatic rings. The van der Waals surface area contributed by atoms with E-state index >= 15 is 0 Å². The number of thiophene rings is 1. The Bertz CT molecular complexity index is 1670. The maximum absolute atomic E-state index is 14.0. The Balaban J connectivity index is 1.34. The molecule has 1 fully saturated rings. The largest absolute Gasteiger partial charge is 0.326 e. The first-order chi connectivity index (χ1) is 17.8. The Labute approximate surface area is 223 Å². The summed E-state index contributed by atoms with van der Waals surface area (Å²) >= 11 is 7.38. The van der Waals surface area contributed by atoms with Crippen molar-refractivity contribution >= 4 is 55.6 Å². The molecular weight excluding hydrogens is 530 g/mol.